The molecule has 0 aromatic carbocycles. The van der Waals surface area contributed by atoms with Crippen LogP contribution >= 0.6 is 0 Å². The fourth-order valence-electron chi connectivity index (χ4n) is 2.36. The van der Waals surface area contributed by atoms with Gasteiger partial charge in [-0.2, -0.15) is 0 Å². The summed E-state index contributed by atoms with van der Waals surface area (Å²) < 4.78 is 0. The molecule has 3 unspecified atom stereocenters. The molecule has 3 atom stereocenters. The van der Waals surface area contributed by atoms with Crippen LogP contribution in [-0.2, 0) is 0 Å². The third-order valence-electron chi connectivity index (χ3n) is 3.06. The molecule has 2 heteroatoms. The Labute approximate surface area is 92.6 Å². The highest BCUT2D eigenvalue weighted by atomic mass is 16.3. The van der Waals surface area contributed by atoms with E-state index in [1.165, 1.54) is 4.90 Å². The molecule has 0 radical (unpaired) electrons. The summed E-state index contributed by atoms with van der Waals surface area (Å²) in [7, 11) is 0. The third kappa shape index (κ3) is 3.33. The number of hydrogen-bond donors (Lipinski definition) is 2. The largest absolute Gasteiger partial charge is 0.391 e. The van der Waals surface area contributed by atoms with Crippen molar-refractivity contribution in [3.8, 4) is 0 Å². The lowest BCUT2D eigenvalue weighted by molar-refractivity contribution is -0.944. The molecule has 84 valence electrons. The first-order valence-electron chi connectivity index (χ1n) is 5.68. The van der Waals surface area contributed by atoms with E-state index in [9.17, 15) is 0 Å². The van der Waals surface area contributed by atoms with Crippen LogP contribution in [0.2, 0.25) is 0 Å². The first kappa shape index (κ1) is 12.2. The first-order valence-corrected chi connectivity index (χ1v) is 5.68. The maximum absolute atomic E-state index is 9.09. The van der Waals surface area contributed by atoms with E-state index in [2.05, 4.69) is 25.3 Å². The van der Waals surface area contributed by atoms with Crippen LogP contribution in [0.15, 0.2) is 37.5 Å². The van der Waals surface area contributed by atoms with Gasteiger partial charge < -0.3 is 10.0 Å². The van der Waals surface area contributed by atoms with Crippen molar-refractivity contribution in [3.05, 3.63) is 37.5 Å². The molecule has 2 N–H and O–H groups in total. The van der Waals surface area contributed by atoms with Gasteiger partial charge in [0.15, 0.2) is 0 Å². The normalized spacial score (nSPS) is 30.1. The first-order chi connectivity index (χ1) is 7.33. The van der Waals surface area contributed by atoms with Crippen molar-refractivity contribution in [2.24, 2.45) is 0 Å². The molecular weight excluding hydrogens is 186 g/mol. The zero-order valence-corrected chi connectivity index (χ0v) is 9.36. The van der Waals surface area contributed by atoms with Crippen molar-refractivity contribution < 1.29 is 10.0 Å². The molecule has 2 nitrogen and oxygen atoms in total. The van der Waals surface area contributed by atoms with Gasteiger partial charge in [-0.15, -0.1) is 13.2 Å². The molecular formula is C13H22NO+. The number of aliphatic hydroxyl groups is 1. The van der Waals surface area contributed by atoms with E-state index >= 15 is 0 Å². The summed E-state index contributed by atoms with van der Waals surface area (Å²) in [5.41, 5.74) is 0. The molecule has 1 aliphatic heterocycles. The lowest BCUT2D eigenvalue weighted by Crippen LogP contribution is -3.19. The fraction of sp³-hybridized carbons (Fsp3) is 0.538. The van der Waals surface area contributed by atoms with E-state index in [0.717, 1.165) is 25.8 Å². The smallest absolute Gasteiger partial charge is 0.110 e. The van der Waals surface area contributed by atoms with Gasteiger partial charge in [-0.1, -0.05) is 18.2 Å². The summed E-state index contributed by atoms with van der Waals surface area (Å²) in [4.78, 5) is 1.47. The van der Waals surface area contributed by atoms with Crippen molar-refractivity contribution in [3.63, 3.8) is 0 Å². The van der Waals surface area contributed by atoms with Crippen LogP contribution < -0.4 is 4.90 Å². The lowest BCUT2D eigenvalue weighted by Gasteiger charge is -2.35. The highest BCUT2D eigenvalue weighted by molar-refractivity contribution is 4.98. The van der Waals surface area contributed by atoms with Crippen molar-refractivity contribution >= 4 is 0 Å². The monoisotopic (exact) mass is 208 g/mol. The van der Waals surface area contributed by atoms with Gasteiger partial charge in [0.2, 0.25) is 0 Å². The Morgan fingerprint density at radius 1 is 1.33 bits per heavy atom. The predicted octanol–water partition coefficient (Wildman–Crippen LogP) is 0.713. The van der Waals surface area contributed by atoms with Crippen LogP contribution in [0.1, 0.15) is 19.3 Å². The summed E-state index contributed by atoms with van der Waals surface area (Å²) in [5.74, 6) is 0. The number of aliphatic hydroxyl groups excluding tert-OH is 1. The average Bonchev–Trinajstić information content (AvgIpc) is 2.23. The Morgan fingerprint density at radius 2 is 2.07 bits per heavy atom. The standard InChI is InChI=1S/C13H21NO/c1-3-6-12-8-5-9-13(7-4-2)14(12)10-11-15/h3-5,8,12-13,15H,1-2,6-7,9-11H2/p+1. The lowest BCUT2D eigenvalue weighted by atomic mass is 9.98. The van der Waals surface area contributed by atoms with E-state index in [1.54, 1.807) is 0 Å². The Kier molecular flexibility index (Phi) is 5.37. The maximum atomic E-state index is 9.09. The molecule has 0 aliphatic carbocycles. The Morgan fingerprint density at radius 3 is 2.67 bits per heavy atom. The molecule has 0 bridgehead atoms. The molecule has 1 aliphatic rings. The summed E-state index contributed by atoms with van der Waals surface area (Å²) in [5, 5.41) is 9.09. The topological polar surface area (TPSA) is 24.7 Å². The summed E-state index contributed by atoms with van der Waals surface area (Å²) in [6.45, 7) is 8.67. The van der Waals surface area contributed by atoms with Gasteiger partial charge in [0.05, 0.1) is 12.6 Å². The molecule has 0 aromatic rings. The van der Waals surface area contributed by atoms with Crippen molar-refractivity contribution in [1.82, 2.24) is 0 Å². The molecule has 1 heterocycles. The molecule has 1 rings (SSSR count). The summed E-state index contributed by atoms with van der Waals surface area (Å²) in [6, 6.07) is 1.05. The van der Waals surface area contributed by atoms with Gasteiger partial charge in [-0.3, -0.25) is 0 Å². The van der Waals surface area contributed by atoms with E-state index in [4.69, 9.17) is 5.11 Å². The second-order valence-electron chi connectivity index (χ2n) is 4.06. The van der Waals surface area contributed by atoms with Crippen molar-refractivity contribution in [1.29, 1.82) is 0 Å². The molecule has 0 saturated heterocycles. The average molecular weight is 208 g/mol. The second kappa shape index (κ2) is 6.59. The summed E-state index contributed by atoms with van der Waals surface area (Å²) in [6.07, 6.45) is 11.5. The number of hydrogen-bond acceptors (Lipinski definition) is 1. The van der Waals surface area contributed by atoms with Gasteiger partial charge >= 0.3 is 0 Å². The van der Waals surface area contributed by atoms with E-state index < -0.39 is 0 Å². The van der Waals surface area contributed by atoms with Gasteiger partial charge in [-0.05, 0) is 6.08 Å². The van der Waals surface area contributed by atoms with Crippen LogP contribution in [-0.4, -0.2) is 30.3 Å². The molecule has 0 spiro atoms. The SMILES string of the molecule is C=CCC1C=CCC(CC=C)[NH+]1CCO. The fourth-order valence-corrected chi connectivity index (χ4v) is 2.36. The second-order valence-corrected chi connectivity index (χ2v) is 4.06. The zero-order valence-electron chi connectivity index (χ0n) is 9.36. The van der Waals surface area contributed by atoms with Gasteiger partial charge in [-0.25, -0.2) is 0 Å². The quantitative estimate of drug-likeness (QED) is 0.618. The van der Waals surface area contributed by atoms with Gasteiger partial charge in [0, 0.05) is 19.3 Å². The maximum Gasteiger partial charge on any atom is 0.110 e. The zero-order chi connectivity index (χ0) is 11.1. The molecule has 15 heavy (non-hydrogen) atoms. The number of quaternary nitrogens is 1. The van der Waals surface area contributed by atoms with Crippen LogP contribution in [0.4, 0.5) is 0 Å². The molecule has 0 fully saturated rings. The highest BCUT2D eigenvalue weighted by Gasteiger charge is 2.28. The minimum Gasteiger partial charge on any atom is -0.391 e. The van der Waals surface area contributed by atoms with Gasteiger partial charge in [0.25, 0.3) is 0 Å². The van der Waals surface area contributed by atoms with Gasteiger partial charge in [0.1, 0.15) is 12.6 Å². The Hall–Kier alpha value is -0.860. The van der Waals surface area contributed by atoms with E-state index in [-0.39, 0.29) is 6.61 Å². The minimum absolute atomic E-state index is 0.254. The van der Waals surface area contributed by atoms with Crippen molar-refractivity contribution in [2.75, 3.05) is 13.2 Å². The Bertz CT molecular complexity index is 235. The molecule has 0 amide bonds. The minimum atomic E-state index is 0.254. The molecule has 0 saturated carbocycles. The van der Waals surface area contributed by atoms with Crippen molar-refractivity contribution in [2.45, 2.75) is 31.3 Å². The highest BCUT2D eigenvalue weighted by Crippen LogP contribution is 2.06. The van der Waals surface area contributed by atoms with E-state index in [1.807, 2.05) is 12.2 Å². The van der Waals surface area contributed by atoms with Crippen LogP contribution in [0.25, 0.3) is 0 Å². The molecule has 0 aromatic heterocycles. The Balaban J connectivity index is 2.68. The number of nitrogens with one attached hydrogen (secondary N) is 1. The van der Waals surface area contributed by atoms with E-state index in [0.29, 0.717) is 12.1 Å². The third-order valence-corrected chi connectivity index (χ3v) is 3.06. The summed E-state index contributed by atoms with van der Waals surface area (Å²) >= 11 is 0. The van der Waals surface area contributed by atoms with Crippen LogP contribution in [0, 0.1) is 0 Å². The van der Waals surface area contributed by atoms with Crippen LogP contribution in [0.3, 0.4) is 0 Å². The predicted molar refractivity (Wildman–Crippen MR) is 63.9 cm³/mol. The number of rotatable bonds is 6. The van der Waals surface area contributed by atoms with Crippen LogP contribution in [0.5, 0.6) is 0 Å².